The number of hydrogen-bond acceptors (Lipinski definition) is 4. The van der Waals surface area contributed by atoms with E-state index in [1.807, 2.05) is 19.2 Å². The predicted molar refractivity (Wildman–Crippen MR) is 74.9 cm³/mol. The van der Waals surface area contributed by atoms with Crippen molar-refractivity contribution in [3.63, 3.8) is 0 Å². The average molecular weight is 265 g/mol. The van der Waals surface area contributed by atoms with Gasteiger partial charge in [0, 0.05) is 25.2 Å². The number of likely N-dealkylation sites (N-methyl/N-ethyl adjacent to an activating group) is 1. The Hall–Kier alpha value is -1.26. The van der Waals surface area contributed by atoms with Gasteiger partial charge >= 0.3 is 0 Å². The molecule has 1 atom stereocenters. The van der Waals surface area contributed by atoms with Gasteiger partial charge in [0.15, 0.2) is 0 Å². The summed E-state index contributed by atoms with van der Waals surface area (Å²) in [6.45, 7) is 5.43. The second-order valence-electron chi connectivity index (χ2n) is 5.41. The van der Waals surface area contributed by atoms with Crippen LogP contribution in [0.3, 0.4) is 0 Å². The summed E-state index contributed by atoms with van der Waals surface area (Å²) in [5.74, 6) is 1.77. The van der Waals surface area contributed by atoms with Crippen molar-refractivity contribution in [1.29, 1.82) is 0 Å². The van der Waals surface area contributed by atoms with Gasteiger partial charge in [0.05, 0.1) is 18.2 Å². The summed E-state index contributed by atoms with van der Waals surface area (Å²) in [5, 5.41) is 3.23. The van der Waals surface area contributed by atoms with Crippen molar-refractivity contribution in [2.24, 2.45) is 0 Å². The first-order valence-corrected chi connectivity index (χ1v) is 6.68. The van der Waals surface area contributed by atoms with Gasteiger partial charge in [0.1, 0.15) is 18.1 Å². The van der Waals surface area contributed by atoms with Crippen molar-refractivity contribution in [2.75, 3.05) is 27.4 Å². The highest BCUT2D eigenvalue weighted by atomic mass is 16.5. The third kappa shape index (κ3) is 3.39. The molecule has 1 aromatic rings. The van der Waals surface area contributed by atoms with Crippen LogP contribution < -0.4 is 14.8 Å². The first kappa shape index (κ1) is 14.2. The molecule has 0 amide bonds. The minimum Gasteiger partial charge on any atom is -0.493 e. The zero-order chi connectivity index (χ0) is 13.9. The van der Waals surface area contributed by atoms with Crippen LogP contribution >= 0.6 is 0 Å². The number of nitrogens with one attached hydrogen (secondary N) is 1. The Morgan fingerprint density at radius 1 is 1.42 bits per heavy atom. The van der Waals surface area contributed by atoms with E-state index in [-0.39, 0.29) is 11.6 Å². The van der Waals surface area contributed by atoms with E-state index in [4.69, 9.17) is 14.2 Å². The monoisotopic (exact) mass is 265 g/mol. The van der Waals surface area contributed by atoms with Crippen LogP contribution in [-0.2, 0) is 4.74 Å². The van der Waals surface area contributed by atoms with Crippen LogP contribution in [0.5, 0.6) is 11.5 Å². The van der Waals surface area contributed by atoms with Crippen LogP contribution in [0.1, 0.15) is 31.9 Å². The Balaban J connectivity index is 1.93. The standard InChI is InChI=1S/C15H23NO3/c1-15(2,17-4)7-8-18-11-5-6-12-13(16-3)10-19-14(12)9-11/h5-6,9,13,16H,7-8,10H2,1-4H3. The molecule has 19 heavy (non-hydrogen) atoms. The lowest BCUT2D eigenvalue weighted by molar-refractivity contribution is 0.00545. The van der Waals surface area contributed by atoms with E-state index < -0.39 is 0 Å². The third-order valence-corrected chi connectivity index (χ3v) is 3.64. The number of rotatable bonds is 6. The highest BCUT2D eigenvalue weighted by Gasteiger charge is 2.23. The molecule has 0 radical (unpaired) electrons. The Labute approximate surface area is 115 Å². The van der Waals surface area contributed by atoms with Crippen LogP contribution in [0.15, 0.2) is 18.2 Å². The van der Waals surface area contributed by atoms with E-state index in [0.29, 0.717) is 13.2 Å². The van der Waals surface area contributed by atoms with Crippen molar-refractivity contribution in [3.8, 4) is 11.5 Å². The minimum absolute atomic E-state index is 0.148. The molecule has 1 heterocycles. The van der Waals surface area contributed by atoms with Gasteiger partial charge < -0.3 is 19.5 Å². The van der Waals surface area contributed by atoms with Crippen LogP contribution in [-0.4, -0.2) is 33.0 Å². The van der Waals surface area contributed by atoms with Gasteiger partial charge in [0.2, 0.25) is 0 Å². The third-order valence-electron chi connectivity index (χ3n) is 3.64. The molecule has 2 rings (SSSR count). The second-order valence-corrected chi connectivity index (χ2v) is 5.41. The smallest absolute Gasteiger partial charge is 0.127 e. The molecule has 1 aliphatic heterocycles. The van der Waals surface area contributed by atoms with E-state index in [1.54, 1.807) is 7.11 Å². The van der Waals surface area contributed by atoms with Crippen LogP contribution in [0.2, 0.25) is 0 Å². The zero-order valence-electron chi connectivity index (χ0n) is 12.2. The topological polar surface area (TPSA) is 39.7 Å². The molecular formula is C15H23NO3. The van der Waals surface area contributed by atoms with Crippen LogP contribution in [0.25, 0.3) is 0 Å². The molecule has 4 heteroatoms. The maximum absolute atomic E-state index is 5.76. The largest absolute Gasteiger partial charge is 0.493 e. The van der Waals surface area contributed by atoms with E-state index in [2.05, 4.69) is 25.2 Å². The molecule has 4 nitrogen and oxygen atoms in total. The molecule has 106 valence electrons. The number of methoxy groups -OCH3 is 1. The molecule has 1 aliphatic rings. The zero-order valence-corrected chi connectivity index (χ0v) is 12.2. The van der Waals surface area contributed by atoms with Crippen LogP contribution in [0.4, 0.5) is 0 Å². The van der Waals surface area contributed by atoms with Crippen molar-refractivity contribution >= 4 is 0 Å². The molecule has 1 unspecified atom stereocenters. The molecule has 0 bridgehead atoms. The highest BCUT2D eigenvalue weighted by molar-refractivity contribution is 5.44. The molecule has 0 aliphatic carbocycles. The van der Waals surface area contributed by atoms with Gasteiger partial charge in [-0.25, -0.2) is 0 Å². The fourth-order valence-corrected chi connectivity index (χ4v) is 2.04. The molecule has 0 aromatic heterocycles. The van der Waals surface area contributed by atoms with E-state index >= 15 is 0 Å². The van der Waals surface area contributed by atoms with Gasteiger partial charge in [-0.05, 0) is 33.0 Å². The minimum atomic E-state index is -0.148. The molecule has 0 spiro atoms. The summed E-state index contributed by atoms with van der Waals surface area (Å²) in [6, 6.07) is 6.32. The summed E-state index contributed by atoms with van der Waals surface area (Å²) in [6.07, 6.45) is 0.848. The Morgan fingerprint density at radius 2 is 2.21 bits per heavy atom. The lowest BCUT2D eigenvalue weighted by atomic mass is 10.1. The van der Waals surface area contributed by atoms with Crippen molar-refractivity contribution < 1.29 is 14.2 Å². The number of hydrogen-bond donors (Lipinski definition) is 1. The lowest BCUT2D eigenvalue weighted by Gasteiger charge is -2.22. The molecule has 0 saturated heterocycles. The van der Waals surface area contributed by atoms with Crippen molar-refractivity contribution in [3.05, 3.63) is 23.8 Å². The maximum Gasteiger partial charge on any atom is 0.127 e. The van der Waals surface area contributed by atoms with E-state index in [0.717, 1.165) is 17.9 Å². The molecule has 0 saturated carbocycles. The predicted octanol–water partition coefficient (Wildman–Crippen LogP) is 2.53. The molecular weight excluding hydrogens is 242 g/mol. The van der Waals surface area contributed by atoms with Gasteiger partial charge in [-0.2, -0.15) is 0 Å². The van der Waals surface area contributed by atoms with E-state index in [1.165, 1.54) is 5.56 Å². The van der Waals surface area contributed by atoms with Gasteiger partial charge in [-0.1, -0.05) is 0 Å². The number of fused-ring (bicyclic) bond motifs is 1. The highest BCUT2D eigenvalue weighted by Crippen LogP contribution is 2.35. The Kier molecular flexibility index (Phi) is 4.32. The van der Waals surface area contributed by atoms with Crippen molar-refractivity contribution in [1.82, 2.24) is 5.32 Å². The SMILES string of the molecule is CNC1COc2cc(OCCC(C)(C)OC)ccc21. The summed E-state index contributed by atoms with van der Waals surface area (Å²) < 4.78 is 16.8. The molecule has 1 aromatic carbocycles. The maximum atomic E-state index is 5.76. The Morgan fingerprint density at radius 3 is 2.89 bits per heavy atom. The van der Waals surface area contributed by atoms with Crippen molar-refractivity contribution in [2.45, 2.75) is 31.9 Å². The summed E-state index contributed by atoms with van der Waals surface area (Å²) >= 11 is 0. The lowest BCUT2D eigenvalue weighted by Crippen LogP contribution is -2.25. The normalized spacial score (nSPS) is 18.0. The summed E-state index contributed by atoms with van der Waals surface area (Å²) in [7, 11) is 3.67. The number of benzene rings is 1. The second kappa shape index (κ2) is 5.80. The molecule has 1 N–H and O–H groups in total. The summed E-state index contributed by atoms with van der Waals surface area (Å²) in [4.78, 5) is 0. The van der Waals surface area contributed by atoms with Gasteiger partial charge in [-0.15, -0.1) is 0 Å². The average Bonchev–Trinajstić information content (AvgIpc) is 2.81. The first-order valence-electron chi connectivity index (χ1n) is 6.68. The first-order chi connectivity index (χ1) is 9.05. The fraction of sp³-hybridized carbons (Fsp3) is 0.600. The van der Waals surface area contributed by atoms with Crippen LogP contribution in [0, 0.1) is 0 Å². The summed E-state index contributed by atoms with van der Waals surface area (Å²) in [5.41, 5.74) is 1.05. The van der Waals surface area contributed by atoms with E-state index in [9.17, 15) is 0 Å². The fourth-order valence-electron chi connectivity index (χ4n) is 2.04. The van der Waals surface area contributed by atoms with Gasteiger partial charge in [-0.3, -0.25) is 0 Å². The Bertz CT molecular complexity index is 431. The number of ether oxygens (including phenoxy) is 3. The molecule has 0 fully saturated rings. The van der Waals surface area contributed by atoms with Gasteiger partial charge in [0.25, 0.3) is 0 Å². The quantitative estimate of drug-likeness (QED) is 0.858.